The Kier molecular flexibility index (Phi) is 11.3. The first kappa shape index (κ1) is 15.7. The van der Waals surface area contributed by atoms with Crippen LogP contribution in [0.1, 0.15) is 0 Å². The molecule has 0 aliphatic carbocycles. The zero-order valence-electron chi connectivity index (χ0n) is 2.75. The topological polar surface area (TPSA) is 80.3 Å². The molecule has 0 saturated carbocycles. The van der Waals surface area contributed by atoms with Gasteiger partial charge in [0.15, 0.2) is 0 Å². The average Bonchev–Trinajstić information content (AvgIpc) is 0.722. The summed E-state index contributed by atoms with van der Waals surface area (Å²) in [5, 5.41) is 0. The summed E-state index contributed by atoms with van der Waals surface area (Å²) < 4.78 is 34.1. The van der Waals surface area contributed by atoms with Crippen LogP contribution >= 0.6 is 0 Å². The Balaban J connectivity index is -0.0000000800. The van der Waals surface area contributed by atoms with Crippen LogP contribution in [0.4, 0.5) is 0 Å². The van der Waals surface area contributed by atoms with Crippen molar-refractivity contribution in [2.24, 2.45) is 0 Å². The molecule has 0 heterocycles. The number of hydrogen-bond acceptors (Lipinski definition) is 4. The maximum absolute atomic E-state index is 8.52. The minimum atomic E-state index is -5.17. The molecule has 0 aliphatic heterocycles. The van der Waals surface area contributed by atoms with E-state index in [0.29, 0.717) is 0 Å². The molecule has 0 unspecified atom stereocenters. The first-order chi connectivity index (χ1) is 2.00. The van der Waals surface area contributed by atoms with Crippen molar-refractivity contribution in [1.29, 1.82) is 0 Å². The molecule has 0 aromatic heterocycles. The largest absolute Gasteiger partial charge is 0.759 e. The maximum Gasteiger partial charge on any atom is 0.0311 e. The summed E-state index contributed by atoms with van der Waals surface area (Å²) in [5.41, 5.74) is 0. The zero-order chi connectivity index (χ0) is 4.50. The Hall–Kier alpha value is 0.909. The van der Waals surface area contributed by atoms with Crippen LogP contribution in [0.15, 0.2) is 0 Å². The van der Waals surface area contributed by atoms with Gasteiger partial charge in [-0.15, -0.1) is 0 Å². The molecule has 0 radical (unpaired) electrons. The van der Waals surface area contributed by atoms with E-state index in [1.54, 1.807) is 0 Å². The molecule has 0 atom stereocenters. The molecule has 0 saturated heterocycles. The average molecular weight is 208 g/mol. The third-order valence-electron chi connectivity index (χ3n) is 0. The van der Waals surface area contributed by atoms with E-state index in [0.717, 1.165) is 0 Å². The van der Waals surface area contributed by atoms with Gasteiger partial charge in [0.2, 0.25) is 0 Å². The van der Waals surface area contributed by atoms with Crippen LogP contribution in [0.5, 0.6) is 0 Å². The third kappa shape index (κ3) is 202. The molecule has 7 heavy (non-hydrogen) atoms. The van der Waals surface area contributed by atoms with Crippen molar-refractivity contribution in [2.45, 2.75) is 0 Å². The quantitative estimate of drug-likeness (QED) is 0.280. The van der Waals surface area contributed by atoms with E-state index in [9.17, 15) is 0 Å². The first-order valence-electron chi connectivity index (χ1n) is 0.667. The molecule has 0 aromatic carbocycles. The van der Waals surface area contributed by atoms with Crippen LogP contribution in [0.25, 0.3) is 0 Å². The second-order valence-corrected chi connectivity index (χ2v) is 1.22. The number of rotatable bonds is 0. The smallest absolute Gasteiger partial charge is 0.0311 e. The molecule has 0 aliphatic rings. The van der Waals surface area contributed by atoms with Gasteiger partial charge in [-0.1, -0.05) is 0 Å². The van der Waals surface area contributed by atoms with Gasteiger partial charge >= 0.3 is 0 Å². The van der Waals surface area contributed by atoms with E-state index in [-0.39, 0.29) is 34.1 Å². The van der Waals surface area contributed by atoms with Gasteiger partial charge in [-0.25, -0.2) is 0 Å². The van der Waals surface area contributed by atoms with Gasteiger partial charge in [0.25, 0.3) is 0 Å². The predicted molar refractivity (Wildman–Crippen MR) is 10.5 cm³/mol. The van der Waals surface area contributed by atoms with Crippen molar-refractivity contribution in [3.8, 4) is 0 Å². The maximum atomic E-state index is 8.52. The second kappa shape index (κ2) is 5.05. The summed E-state index contributed by atoms with van der Waals surface area (Å²) in [6, 6.07) is 0. The van der Waals surface area contributed by atoms with E-state index in [1.807, 2.05) is 0 Å². The molecular formula is Fe2O4S-2. The fraction of sp³-hybridized carbons (Fsp3) is 0. The molecule has 0 rings (SSSR count). The number of hydrogen-bond donors (Lipinski definition) is 0. The Morgan fingerprint density at radius 2 is 1.00 bits per heavy atom. The van der Waals surface area contributed by atoms with Crippen molar-refractivity contribution in [1.82, 2.24) is 0 Å². The molecule has 0 fully saturated rings. The summed E-state index contributed by atoms with van der Waals surface area (Å²) in [6.45, 7) is 0. The van der Waals surface area contributed by atoms with Gasteiger partial charge in [0.1, 0.15) is 0 Å². The Labute approximate surface area is 62.2 Å². The van der Waals surface area contributed by atoms with Crippen molar-refractivity contribution in [3.63, 3.8) is 0 Å². The molecule has 0 aromatic rings. The van der Waals surface area contributed by atoms with Crippen LogP contribution in [-0.4, -0.2) is 17.5 Å². The zero-order valence-corrected chi connectivity index (χ0v) is 5.77. The Bertz CT molecular complexity index is 92.9. The summed E-state index contributed by atoms with van der Waals surface area (Å²) >= 11 is 0. The monoisotopic (exact) mass is 208 g/mol. The van der Waals surface area contributed by atoms with Crippen molar-refractivity contribution in [3.05, 3.63) is 0 Å². The predicted octanol–water partition coefficient (Wildman–Crippen LogP) is -1.34. The van der Waals surface area contributed by atoms with Gasteiger partial charge < -0.3 is 9.11 Å². The fourth-order valence-electron chi connectivity index (χ4n) is 0. The summed E-state index contributed by atoms with van der Waals surface area (Å²) in [7, 11) is -5.17. The van der Waals surface area contributed by atoms with Crippen molar-refractivity contribution in [2.75, 3.05) is 0 Å². The molecular weight excluding hydrogens is 208 g/mol. The minimum Gasteiger partial charge on any atom is -0.759 e. The molecule has 0 bridgehead atoms. The summed E-state index contributed by atoms with van der Waals surface area (Å²) in [6.07, 6.45) is 0. The molecule has 4 nitrogen and oxygen atoms in total. The molecule has 0 spiro atoms. The van der Waals surface area contributed by atoms with Crippen LogP contribution < -0.4 is 0 Å². The Morgan fingerprint density at radius 1 is 1.00 bits per heavy atom. The third-order valence-corrected chi connectivity index (χ3v) is 0. The van der Waals surface area contributed by atoms with Gasteiger partial charge in [-0.05, 0) is 0 Å². The summed E-state index contributed by atoms with van der Waals surface area (Å²) in [5.74, 6) is 0. The SMILES string of the molecule is O=S(=O)([O-])[O-].[Fe].[Fe]. The minimum absolute atomic E-state index is 0. The van der Waals surface area contributed by atoms with Crippen LogP contribution in [0.3, 0.4) is 0 Å². The molecule has 0 amide bonds. The van der Waals surface area contributed by atoms with Crippen molar-refractivity contribution < 1.29 is 51.7 Å². The molecule has 0 N–H and O–H groups in total. The van der Waals surface area contributed by atoms with E-state index < -0.39 is 10.4 Å². The Morgan fingerprint density at radius 3 is 1.00 bits per heavy atom. The summed E-state index contributed by atoms with van der Waals surface area (Å²) in [4.78, 5) is 0. The van der Waals surface area contributed by atoms with E-state index in [1.165, 1.54) is 0 Å². The van der Waals surface area contributed by atoms with E-state index in [4.69, 9.17) is 17.5 Å². The first-order valence-corrected chi connectivity index (χ1v) is 2.00. The standard InChI is InChI=1S/2Fe.H2O4S/c;;1-5(2,3)4/h;;(H2,1,2,3,4)/p-2. The van der Waals surface area contributed by atoms with E-state index in [2.05, 4.69) is 0 Å². The van der Waals surface area contributed by atoms with Gasteiger partial charge in [0.05, 0.1) is 0 Å². The van der Waals surface area contributed by atoms with Crippen molar-refractivity contribution >= 4 is 10.4 Å². The van der Waals surface area contributed by atoms with Gasteiger partial charge in [-0.3, -0.25) is 8.42 Å². The molecule has 7 heteroatoms. The van der Waals surface area contributed by atoms with E-state index >= 15 is 0 Å². The van der Waals surface area contributed by atoms with Gasteiger partial charge in [0, 0.05) is 44.5 Å². The van der Waals surface area contributed by atoms with Crippen LogP contribution in [0.2, 0.25) is 0 Å². The second-order valence-electron chi connectivity index (χ2n) is 0.408. The van der Waals surface area contributed by atoms with Crippen LogP contribution in [-0.2, 0) is 44.5 Å². The normalized spacial score (nSPS) is 8.29. The fourth-order valence-corrected chi connectivity index (χ4v) is 0. The van der Waals surface area contributed by atoms with Gasteiger partial charge in [-0.2, -0.15) is 0 Å². The molecule has 48 valence electrons. The van der Waals surface area contributed by atoms with Crippen LogP contribution in [0, 0.1) is 0 Å².